The molecule has 0 heterocycles. The molecular weight excluding hydrogens is 306 g/mol. The van der Waals surface area contributed by atoms with Gasteiger partial charge in [-0.15, -0.1) is 0 Å². The van der Waals surface area contributed by atoms with Crippen LogP contribution in [0.5, 0.6) is 5.75 Å². The molecule has 0 fully saturated rings. The predicted molar refractivity (Wildman–Crippen MR) is 80.6 cm³/mol. The highest BCUT2D eigenvalue weighted by molar-refractivity contribution is 5.91. The highest BCUT2D eigenvalue weighted by atomic mass is 16.6. The molecular formula is C15H19NO7. The van der Waals surface area contributed by atoms with E-state index >= 15 is 0 Å². The van der Waals surface area contributed by atoms with Gasteiger partial charge in [-0.2, -0.15) is 0 Å². The van der Waals surface area contributed by atoms with Gasteiger partial charge >= 0.3 is 11.9 Å². The van der Waals surface area contributed by atoms with E-state index in [0.29, 0.717) is 6.42 Å². The number of carbonyl (C=O) groups is 2. The van der Waals surface area contributed by atoms with Crippen LogP contribution in [0, 0.1) is 10.1 Å². The summed E-state index contributed by atoms with van der Waals surface area (Å²) in [5.74, 6) is -1.74. The minimum atomic E-state index is -1.25. The molecule has 0 aliphatic heterocycles. The van der Waals surface area contributed by atoms with E-state index in [2.05, 4.69) is 0 Å². The van der Waals surface area contributed by atoms with Crippen molar-refractivity contribution in [3.05, 3.63) is 33.9 Å². The van der Waals surface area contributed by atoms with E-state index in [1.165, 1.54) is 0 Å². The number of carboxylic acids is 1. The van der Waals surface area contributed by atoms with E-state index in [0.717, 1.165) is 18.2 Å². The number of benzene rings is 1. The molecule has 0 atom stereocenters. The van der Waals surface area contributed by atoms with Crippen molar-refractivity contribution < 1.29 is 29.1 Å². The number of rotatable bonds is 7. The third kappa shape index (κ3) is 6.33. The first kappa shape index (κ1) is 18.4. The zero-order valence-corrected chi connectivity index (χ0v) is 13.2. The van der Waals surface area contributed by atoms with Gasteiger partial charge in [-0.05, 0) is 33.3 Å². The van der Waals surface area contributed by atoms with Crippen molar-refractivity contribution in [3.8, 4) is 5.75 Å². The van der Waals surface area contributed by atoms with E-state index in [1.54, 1.807) is 20.8 Å². The summed E-state index contributed by atoms with van der Waals surface area (Å²) in [6.07, 6.45) is 0.408. The minimum absolute atomic E-state index is 0.0424. The van der Waals surface area contributed by atoms with Crippen molar-refractivity contribution in [1.82, 2.24) is 0 Å². The topological polar surface area (TPSA) is 116 Å². The fourth-order valence-corrected chi connectivity index (χ4v) is 1.71. The van der Waals surface area contributed by atoms with E-state index in [1.807, 2.05) is 0 Å². The summed E-state index contributed by atoms with van der Waals surface area (Å²) in [5.41, 5.74) is -1.01. The molecule has 0 saturated heterocycles. The molecule has 0 saturated carbocycles. The number of ether oxygens (including phenoxy) is 2. The molecule has 0 aliphatic rings. The third-order valence-electron chi connectivity index (χ3n) is 2.61. The minimum Gasteiger partial charge on any atom is -0.492 e. The molecule has 1 aromatic carbocycles. The number of aromatic carboxylic acids is 1. The molecule has 8 nitrogen and oxygen atoms in total. The summed E-state index contributed by atoms with van der Waals surface area (Å²) >= 11 is 0. The largest absolute Gasteiger partial charge is 0.492 e. The van der Waals surface area contributed by atoms with Crippen LogP contribution in [0.2, 0.25) is 0 Å². The van der Waals surface area contributed by atoms with E-state index in [9.17, 15) is 19.7 Å². The number of non-ortho nitro benzene ring substituents is 1. The van der Waals surface area contributed by atoms with Crippen molar-refractivity contribution >= 4 is 17.6 Å². The maximum Gasteiger partial charge on any atom is 0.339 e. The lowest BCUT2D eigenvalue weighted by molar-refractivity contribution is -0.384. The number of esters is 1. The summed E-state index contributed by atoms with van der Waals surface area (Å²) in [5, 5.41) is 19.8. The van der Waals surface area contributed by atoms with Crippen LogP contribution in [0.3, 0.4) is 0 Å². The molecule has 1 rings (SSSR count). The average molecular weight is 325 g/mol. The van der Waals surface area contributed by atoms with Gasteiger partial charge < -0.3 is 14.6 Å². The zero-order chi connectivity index (χ0) is 17.6. The summed E-state index contributed by atoms with van der Waals surface area (Å²) in [4.78, 5) is 32.7. The van der Waals surface area contributed by atoms with Gasteiger partial charge in [0.15, 0.2) is 0 Å². The maximum absolute atomic E-state index is 11.5. The fraction of sp³-hybridized carbons (Fsp3) is 0.467. The van der Waals surface area contributed by atoms with Gasteiger partial charge in [0.05, 0.1) is 17.6 Å². The Morgan fingerprint density at radius 2 is 1.96 bits per heavy atom. The number of carbonyl (C=O) groups excluding carboxylic acids is 1. The molecule has 0 bridgehead atoms. The van der Waals surface area contributed by atoms with Gasteiger partial charge in [0.2, 0.25) is 0 Å². The number of hydrogen-bond acceptors (Lipinski definition) is 6. The fourth-order valence-electron chi connectivity index (χ4n) is 1.71. The molecule has 0 amide bonds. The highest BCUT2D eigenvalue weighted by Crippen LogP contribution is 2.25. The Kier molecular flexibility index (Phi) is 6.06. The van der Waals surface area contributed by atoms with Crippen LogP contribution in [0.1, 0.15) is 44.0 Å². The molecule has 0 unspecified atom stereocenters. The van der Waals surface area contributed by atoms with Gasteiger partial charge in [0, 0.05) is 12.5 Å². The summed E-state index contributed by atoms with van der Waals surface area (Å²) < 4.78 is 10.4. The zero-order valence-electron chi connectivity index (χ0n) is 13.2. The van der Waals surface area contributed by atoms with Gasteiger partial charge in [0.1, 0.15) is 16.9 Å². The van der Waals surface area contributed by atoms with Crippen molar-refractivity contribution in [2.24, 2.45) is 0 Å². The molecule has 0 radical (unpaired) electrons. The average Bonchev–Trinajstić information content (AvgIpc) is 2.41. The third-order valence-corrected chi connectivity index (χ3v) is 2.61. The van der Waals surface area contributed by atoms with Crippen molar-refractivity contribution in [2.75, 3.05) is 6.61 Å². The summed E-state index contributed by atoms with van der Waals surface area (Å²) in [6.45, 7) is 5.30. The Labute approximate surface area is 133 Å². The molecule has 126 valence electrons. The second-order valence-electron chi connectivity index (χ2n) is 5.78. The van der Waals surface area contributed by atoms with Gasteiger partial charge in [-0.1, -0.05) is 0 Å². The molecule has 0 spiro atoms. The number of nitro groups is 1. The Morgan fingerprint density at radius 1 is 1.30 bits per heavy atom. The van der Waals surface area contributed by atoms with Crippen molar-refractivity contribution in [1.29, 1.82) is 0 Å². The molecule has 1 N–H and O–H groups in total. The normalized spacial score (nSPS) is 10.9. The van der Waals surface area contributed by atoms with Gasteiger partial charge in [-0.25, -0.2) is 4.79 Å². The Hall–Kier alpha value is -2.64. The van der Waals surface area contributed by atoms with E-state index in [-0.39, 0.29) is 30.0 Å². The number of nitro benzene ring substituents is 1. The first-order chi connectivity index (χ1) is 10.6. The molecule has 1 aromatic rings. The van der Waals surface area contributed by atoms with Gasteiger partial charge in [0.25, 0.3) is 5.69 Å². The van der Waals surface area contributed by atoms with Gasteiger partial charge in [-0.3, -0.25) is 14.9 Å². The lowest BCUT2D eigenvalue weighted by atomic mass is 10.2. The lowest BCUT2D eigenvalue weighted by Gasteiger charge is -2.19. The first-order valence-electron chi connectivity index (χ1n) is 6.96. The predicted octanol–water partition coefficient (Wildman–Crippen LogP) is 2.79. The van der Waals surface area contributed by atoms with Crippen LogP contribution in [0.15, 0.2) is 18.2 Å². The van der Waals surface area contributed by atoms with E-state index in [4.69, 9.17) is 14.6 Å². The summed E-state index contributed by atoms with van der Waals surface area (Å²) in [6, 6.07) is 3.26. The monoisotopic (exact) mass is 325 g/mol. The smallest absolute Gasteiger partial charge is 0.339 e. The Balaban J connectivity index is 2.63. The first-order valence-corrected chi connectivity index (χ1v) is 6.96. The maximum atomic E-state index is 11.5. The van der Waals surface area contributed by atoms with Crippen molar-refractivity contribution in [2.45, 2.75) is 39.2 Å². The van der Waals surface area contributed by atoms with Crippen LogP contribution in [-0.2, 0) is 9.53 Å². The summed E-state index contributed by atoms with van der Waals surface area (Å²) in [7, 11) is 0. The van der Waals surface area contributed by atoms with E-state index < -0.39 is 22.5 Å². The van der Waals surface area contributed by atoms with Crippen molar-refractivity contribution in [3.63, 3.8) is 0 Å². The standard InChI is InChI=1S/C15H19NO7/c1-15(2,3)23-13(17)5-4-8-22-12-9-10(16(20)21)6-7-11(12)14(18)19/h6-7,9H,4-5,8H2,1-3H3,(H,18,19). The van der Waals surface area contributed by atoms with Crippen LogP contribution in [0.25, 0.3) is 0 Å². The highest BCUT2D eigenvalue weighted by Gasteiger charge is 2.18. The number of nitrogens with zero attached hydrogens (tertiary/aromatic N) is 1. The van der Waals surface area contributed by atoms with Crippen LogP contribution >= 0.6 is 0 Å². The number of hydrogen-bond donors (Lipinski definition) is 1. The SMILES string of the molecule is CC(C)(C)OC(=O)CCCOc1cc([N+](=O)[O-])ccc1C(=O)O. The van der Waals surface area contributed by atoms with Crippen LogP contribution in [-0.4, -0.2) is 34.2 Å². The quantitative estimate of drug-likeness (QED) is 0.354. The lowest BCUT2D eigenvalue weighted by Crippen LogP contribution is -2.24. The molecule has 0 aliphatic carbocycles. The Bertz CT molecular complexity index is 604. The number of carboxylic acid groups (broad SMARTS) is 1. The second kappa shape index (κ2) is 7.57. The molecule has 0 aromatic heterocycles. The Morgan fingerprint density at radius 3 is 2.48 bits per heavy atom. The molecule has 8 heteroatoms. The van der Waals surface area contributed by atoms with Crippen LogP contribution in [0.4, 0.5) is 5.69 Å². The van der Waals surface area contributed by atoms with Crippen LogP contribution < -0.4 is 4.74 Å². The second-order valence-corrected chi connectivity index (χ2v) is 5.78. The molecule has 23 heavy (non-hydrogen) atoms.